The summed E-state index contributed by atoms with van der Waals surface area (Å²) >= 11 is 0. The molecule has 0 atom stereocenters. The number of aromatic nitrogens is 2. The second kappa shape index (κ2) is 11.3. The van der Waals surface area contributed by atoms with Gasteiger partial charge in [0.25, 0.3) is 0 Å². The molecule has 1 aromatic heterocycles. The SMILES string of the molecule is CCCCN(CC(=O)Nc1cc(C(C)(C)C)nn1-c1ccccc1)C(=O)NC1CCCCC1. The van der Waals surface area contributed by atoms with Crippen molar-refractivity contribution in [2.24, 2.45) is 0 Å². The lowest BCUT2D eigenvalue weighted by molar-refractivity contribution is -0.116. The Bertz CT molecular complexity index is 911. The van der Waals surface area contributed by atoms with E-state index >= 15 is 0 Å². The molecule has 180 valence electrons. The van der Waals surface area contributed by atoms with E-state index < -0.39 is 0 Å². The van der Waals surface area contributed by atoms with Crippen molar-refractivity contribution in [3.63, 3.8) is 0 Å². The molecule has 0 saturated heterocycles. The smallest absolute Gasteiger partial charge is 0.318 e. The molecule has 3 rings (SSSR count). The molecule has 1 aliphatic carbocycles. The highest BCUT2D eigenvalue weighted by molar-refractivity contribution is 5.94. The van der Waals surface area contributed by atoms with Gasteiger partial charge >= 0.3 is 6.03 Å². The zero-order valence-electron chi connectivity index (χ0n) is 20.6. The Morgan fingerprint density at radius 2 is 1.82 bits per heavy atom. The molecule has 1 saturated carbocycles. The normalized spacial score (nSPS) is 14.7. The maximum Gasteiger partial charge on any atom is 0.318 e. The summed E-state index contributed by atoms with van der Waals surface area (Å²) < 4.78 is 1.76. The number of hydrogen-bond acceptors (Lipinski definition) is 3. The minimum absolute atomic E-state index is 0.0172. The molecule has 7 heteroatoms. The molecular weight excluding hydrogens is 414 g/mol. The number of amides is 3. The second-order valence-electron chi connectivity index (χ2n) is 10.0. The maximum atomic E-state index is 13.1. The van der Waals surface area contributed by atoms with E-state index in [0.29, 0.717) is 12.4 Å². The lowest BCUT2D eigenvalue weighted by atomic mass is 9.92. The Morgan fingerprint density at radius 1 is 1.12 bits per heavy atom. The molecule has 2 aromatic rings. The fraction of sp³-hybridized carbons (Fsp3) is 0.577. The van der Waals surface area contributed by atoms with E-state index in [1.807, 2.05) is 36.4 Å². The third kappa shape index (κ3) is 7.07. The fourth-order valence-electron chi connectivity index (χ4n) is 4.07. The maximum absolute atomic E-state index is 13.1. The quantitative estimate of drug-likeness (QED) is 0.573. The summed E-state index contributed by atoms with van der Waals surface area (Å²) in [6, 6.07) is 11.8. The van der Waals surface area contributed by atoms with Crippen molar-refractivity contribution in [3.8, 4) is 5.69 Å². The van der Waals surface area contributed by atoms with Gasteiger partial charge in [-0.3, -0.25) is 4.79 Å². The molecule has 0 unspecified atom stereocenters. The largest absolute Gasteiger partial charge is 0.335 e. The molecule has 0 spiro atoms. The van der Waals surface area contributed by atoms with Crippen molar-refractivity contribution >= 4 is 17.8 Å². The molecular formula is C26H39N5O2. The Kier molecular flexibility index (Phi) is 8.53. The van der Waals surface area contributed by atoms with Crippen LogP contribution in [-0.4, -0.2) is 45.8 Å². The third-order valence-electron chi connectivity index (χ3n) is 6.08. The number of anilines is 1. The van der Waals surface area contributed by atoms with Crippen molar-refractivity contribution in [1.29, 1.82) is 0 Å². The van der Waals surface area contributed by atoms with Crippen molar-refractivity contribution in [2.75, 3.05) is 18.4 Å². The standard InChI is InChI=1S/C26H39N5O2/c1-5-6-17-30(25(33)27-20-13-9-7-10-14-20)19-24(32)28-23-18-22(26(2,3)4)29-31(23)21-15-11-8-12-16-21/h8,11-12,15-16,18,20H,5-7,9-10,13-14,17,19H2,1-4H3,(H,27,33)(H,28,32). The Morgan fingerprint density at radius 3 is 2.45 bits per heavy atom. The number of benzene rings is 1. The number of rotatable bonds is 8. The molecule has 0 bridgehead atoms. The molecule has 33 heavy (non-hydrogen) atoms. The highest BCUT2D eigenvalue weighted by Crippen LogP contribution is 2.26. The summed E-state index contributed by atoms with van der Waals surface area (Å²) in [6.07, 6.45) is 7.41. The van der Waals surface area contributed by atoms with E-state index in [0.717, 1.165) is 49.9 Å². The van der Waals surface area contributed by atoms with Gasteiger partial charge in [0, 0.05) is 24.1 Å². The highest BCUT2D eigenvalue weighted by Gasteiger charge is 2.24. The van der Waals surface area contributed by atoms with E-state index in [1.54, 1.807) is 9.58 Å². The summed E-state index contributed by atoms with van der Waals surface area (Å²) in [6.45, 7) is 8.95. The summed E-state index contributed by atoms with van der Waals surface area (Å²) in [4.78, 5) is 27.6. The van der Waals surface area contributed by atoms with Crippen LogP contribution < -0.4 is 10.6 Å². The van der Waals surface area contributed by atoms with Gasteiger partial charge < -0.3 is 15.5 Å². The van der Waals surface area contributed by atoms with Gasteiger partial charge in [-0.05, 0) is 31.4 Å². The average molecular weight is 454 g/mol. The van der Waals surface area contributed by atoms with E-state index in [1.165, 1.54) is 6.42 Å². The van der Waals surface area contributed by atoms with Gasteiger partial charge in [0.1, 0.15) is 12.4 Å². The van der Waals surface area contributed by atoms with Gasteiger partial charge in [-0.25, -0.2) is 9.48 Å². The van der Waals surface area contributed by atoms with Crippen LogP contribution in [0.15, 0.2) is 36.4 Å². The number of hydrogen-bond donors (Lipinski definition) is 2. The van der Waals surface area contributed by atoms with Crippen LogP contribution in [-0.2, 0) is 10.2 Å². The molecule has 1 fully saturated rings. The lowest BCUT2D eigenvalue weighted by Crippen LogP contribution is -2.48. The summed E-state index contributed by atoms with van der Waals surface area (Å²) in [5.74, 6) is 0.390. The third-order valence-corrected chi connectivity index (χ3v) is 6.08. The van der Waals surface area contributed by atoms with Crippen molar-refractivity contribution in [2.45, 2.75) is 84.1 Å². The Balaban J connectivity index is 1.73. The molecule has 0 aliphatic heterocycles. The first-order chi connectivity index (χ1) is 15.8. The Hall–Kier alpha value is -2.83. The van der Waals surface area contributed by atoms with Crippen LogP contribution in [0.5, 0.6) is 0 Å². The van der Waals surface area contributed by atoms with Crippen LogP contribution in [0.1, 0.15) is 78.3 Å². The summed E-state index contributed by atoms with van der Waals surface area (Å²) in [7, 11) is 0. The van der Waals surface area contributed by atoms with Crippen LogP contribution in [0.3, 0.4) is 0 Å². The lowest BCUT2D eigenvalue weighted by Gasteiger charge is -2.28. The van der Waals surface area contributed by atoms with E-state index in [4.69, 9.17) is 5.10 Å². The predicted molar refractivity (Wildman–Crippen MR) is 133 cm³/mol. The van der Waals surface area contributed by atoms with Crippen LogP contribution in [0.4, 0.5) is 10.6 Å². The molecule has 7 nitrogen and oxygen atoms in total. The van der Waals surface area contributed by atoms with Crippen LogP contribution >= 0.6 is 0 Å². The topological polar surface area (TPSA) is 79.3 Å². The van der Waals surface area contributed by atoms with Gasteiger partial charge in [-0.2, -0.15) is 5.10 Å². The number of carbonyl (C=O) groups is 2. The van der Waals surface area contributed by atoms with Crippen LogP contribution in [0.2, 0.25) is 0 Å². The zero-order valence-corrected chi connectivity index (χ0v) is 20.6. The van der Waals surface area contributed by atoms with Gasteiger partial charge in [0.2, 0.25) is 5.91 Å². The first-order valence-corrected chi connectivity index (χ1v) is 12.3. The zero-order chi connectivity index (χ0) is 23.8. The molecule has 3 amide bonds. The van der Waals surface area contributed by atoms with Gasteiger partial charge in [0.15, 0.2) is 0 Å². The Labute approximate surface area is 197 Å². The first-order valence-electron chi connectivity index (χ1n) is 12.3. The van der Waals surface area contributed by atoms with Gasteiger partial charge in [-0.15, -0.1) is 0 Å². The summed E-state index contributed by atoms with van der Waals surface area (Å²) in [5, 5.41) is 10.9. The first kappa shape index (κ1) is 24.8. The van der Waals surface area contributed by atoms with Crippen molar-refractivity contribution < 1.29 is 9.59 Å². The highest BCUT2D eigenvalue weighted by atomic mass is 16.2. The van der Waals surface area contributed by atoms with E-state index in [2.05, 4.69) is 38.3 Å². The second-order valence-corrected chi connectivity index (χ2v) is 10.0. The number of nitrogens with zero attached hydrogens (tertiary/aromatic N) is 3. The number of carbonyl (C=O) groups excluding carboxylic acids is 2. The van der Waals surface area contributed by atoms with E-state index in [9.17, 15) is 9.59 Å². The molecule has 1 aliphatic rings. The summed E-state index contributed by atoms with van der Waals surface area (Å²) in [5.41, 5.74) is 1.60. The fourth-order valence-corrected chi connectivity index (χ4v) is 4.07. The van der Waals surface area contributed by atoms with Crippen LogP contribution in [0, 0.1) is 0 Å². The predicted octanol–water partition coefficient (Wildman–Crippen LogP) is 5.25. The molecule has 0 radical (unpaired) electrons. The minimum atomic E-state index is -0.220. The monoisotopic (exact) mass is 453 g/mol. The van der Waals surface area contributed by atoms with Gasteiger partial charge in [-0.1, -0.05) is 71.6 Å². The van der Waals surface area contributed by atoms with Crippen molar-refractivity contribution in [3.05, 3.63) is 42.1 Å². The number of nitrogens with one attached hydrogen (secondary N) is 2. The molecule has 1 heterocycles. The van der Waals surface area contributed by atoms with Crippen LogP contribution in [0.25, 0.3) is 5.69 Å². The average Bonchev–Trinajstić information content (AvgIpc) is 3.22. The minimum Gasteiger partial charge on any atom is -0.335 e. The van der Waals surface area contributed by atoms with Crippen molar-refractivity contribution in [1.82, 2.24) is 20.0 Å². The number of unbranched alkanes of at least 4 members (excludes halogenated alkanes) is 1. The molecule has 2 N–H and O–H groups in total. The molecule has 1 aromatic carbocycles. The van der Waals surface area contributed by atoms with Gasteiger partial charge in [0.05, 0.1) is 11.4 Å². The number of para-hydroxylation sites is 1. The number of urea groups is 1. The van der Waals surface area contributed by atoms with E-state index in [-0.39, 0.29) is 29.9 Å².